The number of nitrogens with zero attached hydrogens (tertiary/aromatic N) is 2. The average Bonchev–Trinajstić information content (AvgIpc) is 3.11. The maximum absolute atomic E-state index is 5.31. The van der Waals surface area contributed by atoms with Crippen LogP contribution >= 0.6 is 12.4 Å². The van der Waals surface area contributed by atoms with E-state index in [1.807, 2.05) is 24.3 Å². The summed E-state index contributed by atoms with van der Waals surface area (Å²) in [6, 6.07) is 7.63. The van der Waals surface area contributed by atoms with Crippen molar-refractivity contribution in [3.8, 4) is 17.2 Å². The number of halogens is 1. The van der Waals surface area contributed by atoms with Crippen LogP contribution in [0.3, 0.4) is 0 Å². The molecule has 5 nitrogen and oxygen atoms in total. The number of hydrogen-bond donors (Lipinski definition) is 1. The minimum atomic E-state index is 0. The topological polar surface area (TPSA) is 60.2 Å². The highest BCUT2D eigenvalue weighted by Crippen LogP contribution is 2.21. The Morgan fingerprint density at radius 2 is 2.15 bits per heavy atom. The van der Waals surface area contributed by atoms with E-state index in [1.165, 1.54) is 6.42 Å². The van der Waals surface area contributed by atoms with Crippen LogP contribution in [0.1, 0.15) is 12.2 Å². The van der Waals surface area contributed by atoms with Gasteiger partial charge in [0.1, 0.15) is 5.75 Å². The number of hydrogen-bond acceptors (Lipinski definition) is 5. The van der Waals surface area contributed by atoms with Crippen LogP contribution in [0, 0.1) is 5.92 Å². The van der Waals surface area contributed by atoms with Crippen molar-refractivity contribution in [2.24, 2.45) is 5.92 Å². The predicted octanol–water partition coefficient (Wildman–Crippen LogP) is 2.32. The van der Waals surface area contributed by atoms with Crippen LogP contribution < -0.4 is 10.1 Å². The van der Waals surface area contributed by atoms with Crippen molar-refractivity contribution >= 4 is 12.4 Å². The van der Waals surface area contributed by atoms with Gasteiger partial charge in [-0.3, -0.25) is 0 Å². The standard InChI is InChI=1S/C14H17N3O2.ClH/c1-18-12-4-2-11(3-5-12)14-16-13(17-19-14)8-10-6-7-15-9-10;/h2-5,10,15H,6-9H2,1H3;1H. The first-order valence-corrected chi connectivity index (χ1v) is 6.53. The zero-order valence-electron chi connectivity index (χ0n) is 11.3. The molecule has 0 amide bonds. The lowest BCUT2D eigenvalue weighted by atomic mass is 10.1. The van der Waals surface area contributed by atoms with Crippen molar-refractivity contribution in [1.29, 1.82) is 0 Å². The van der Waals surface area contributed by atoms with Crippen LogP contribution in [0.2, 0.25) is 0 Å². The Hall–Kier alpha value is -1.59. The van der Waals surface area contributed by atoms with E-state index in [0.717, 1.165) is 36.6 Å². The molecule has 1 aliphatic heterocycles. The second-order valence-corrected chi connectivity index (χ2v) is 4.81. The molecule has 1 N–H and O–H groups in total. The largest absolute Gasteiger partial charge is 0.497 e. The van der Waals surface area contributed by atoms with E-state index < -0.39 is 0 Å². The van der Waals surface area contributed by atoms with Gasteiger partial charge in [-0.15, -0.1) is 12.4 Å². The number of aromatic nitrogens is 2. The summed E-state index contributed by atoms with van der Waals surface area (Å²) >= 11 is 0. The van der Waals surface area contributed by atoms with Crippen molar-refractivity contribution in [2.45, 2.75) is 12.8 Å². The van der Waals surface area contributed by atoms with Gasteiger partial charge in [-0.1, -0.05) is 5.16 Å². The normalized spacial score (nSPS) is 17.8. The third-order valence-electron chi connectivity index (χ3n) is 3.44. The van der Waals surface area contributed by atoms with Crippen LogP contribution in [-0.4, -0.2) is 30.3 Å². The molecule has 0 bridgehead atoms. The van der Waals surface area contributed by atoms with Crippen LogP contribution in [0.4, 0.5) is 0 Å². The highest BCUT2D eigenvalue weighted by molar-refractivity contribution is 5.85. The summed E-state index contributed by atoms with van der Waals surface area (Å²) in [4.78, 5) is 4.45. The Morgan fingerprint density at radius 1 is 1.35 bits per heavy atom. The number of methoxy groups -OCH3 is 1. The van der Waals surface area contributed by atoms with Crippen LogP contribution in [0.15, 0.2) is 28.8 Å². The highest BCUT2D eigenvalue weighted by atomic mass is 35.5. The summed E-state index contributed by atoms with van der Waals surface area (Å²) in [7, 11) is 1.65. The molecule has 6 heteroatoms. The smallest absolute Gasteiger partial charge is 0.257 e. The number of benzene rings is 1. The van der Waals surface area contributed by atoms with Gasteiger partial charge in [0.15, 0.2) is 5.82 Å². The van der Waals surface area contributed by atoms with Gasteiger partial charge in [0.2, 0.25) is 0 Å². The minimum Gasteiger partial charge on any atom is -0.497 e. The zero-order valence-corrected chi connectivity index (χ0v) is 12.2. The van der Waals surface area contributed by atoms with Gasteiger partial charge in [-0.05, 0) is 49.7 Å². The maximum atomic E-state index is 5.31. The van der Waals surface area contributed by atoms with Crippen molar-refractivity contribution in [3.05, 3.63) is 30.1 Å². The first kappa shape index (κ1) is 14.8. The Morgan fingerprint density at radius 3 is 2.80 bits per heavy atom. The summed E-state index contributed by atoms with van der Waals surface area (Å²) in [5.74, 6) is 2.81. The molecule has 0 spiro atoms. The van der Waals surface area contributed by atoms with E-state index >= 15 is 0 Å². The summed E-state index contributed by atoms with van der Waals surface area (Å²) < 4.78 is 10.4. The quantitative estimate of drug-likeness (QED) is 0.938. The molecule has 1 aromatic carbocycles. The molecule has 1 unspecified atom stereocenters. The zero-order chi connectivity index (χ0) is 13.1. The van der Waals surface area contributed by atoms with Gasteiger partial charge in [-0.2, -0.15) is 4.98 Å². The molecule has 1 atom stereocenters. The predicted molar refractivity (Wildman–Crippen MR) is 78.2 cm³/mol. The number of ether oxygens (including phenoxy) is 1. The van der Waals surface area contributed by atoms with Gasteiger partial charge in [0.05, 0.1) is 7.11 Å². The van der Waals surface area contributed by atoms with E-state index in [9.17, 15) is 0 Å². The molecule has 0 radical (unpaired) electrons. The first-order valence-electron chi connectivity index (χ1n) is 6.53. The molecule has 0 aliphatic carbocycles. The molecule has 3 rings (SSSR count). The van der Waals surface area contributed by atoms with E-state index in [-0.39, 0.29) is 12.4 Å². The van der Waals surface area contributed by atoms with Crippen molar-refractivity contribution in [3.63, 3.8) is 0 Å². The maximum Gasteiger partial charge on any atom is 0.257 e. The molecule has 1 saturated heterocycles. The molecule has 1 aromatic heterocycles. The number of nitrogens with one attached hydrogen (secondary N) is 1. The van der Waals surface area contributed by atoms with Crippen LogP contribution in [-0.2, 0) is 6.42 Å². The van der Waals surface area contributed by atoms with Crippen molar-refractivity contribution in [2.75, 3.05) is 20.2 Å². The van der Waals surface area contributed by atoms with E-state index in [0.29, 0.717) is 11.8 Å². The molecule has 1 aliphatic rings. The molecular formula is C14H18ClN3O2. The summed E-state index contributed by atoms with van der Waals surface area (Å²) in [5.41, 5.74) is 0.920. The summed E-state index contributed by atoms with van der Waals surface area (Å²) in [5, 5.41) is 7.40. The van der Waals surface area contributed by atoms with Crippen LogP contribution in [0.5, 0.6) is 5.75 Å². The minimum absolute atomic E-state index is 0. The molecule has 20 heavy (non-hydrogen) atoms. The second-order valence-electron chi connectivity index (χ2n) is 4.81. The lowest BCUT2D eigenvalue weighted by molar-refractivity contribution is 0.412. The molecule has 2 aromatic rings. The van der Waals surface area contributed by atoms with Gasteiger partial charge in [0, 0.05) is 12.0 Å². The molecule has 2 heterocycles. The Kier molecular flexibility index (Phi) is 4.98. The van der Waals surface area contributed by atoms with Gasteiger partial charge in [0.25, 0.3) is 5.89 Å². The SMILES string of the molecule is COc1ccc(-c2nc(CC3CCNC3)no2)cc1.Cl. The molecular weight excluding hydrogens is 278 g/mol. The van der Waals surface area contributed by atoms with Gasteiger partial charge >= 0.3 is 0 Å². The lowest BCUT2D eigenvalue weighted by Crippen LogP contribution is -2.11. The van der Waals surface area contributed by atoms with Gasteiger partial charge < -0.3 is 14.6 Å². The van der Waals surface area contributed by atoms with E-state index in [1.54, 1.807) is 7.11 Å². The summed E-state index contributed by atoms with van der Waals surface area (Å²) in [6.45, 7) is 2.14. The fourth-order valence-electron chi connectivity index (χ4n) is 2.33. The van der Waals surface area contributed by atoms with Gasteiger partial charge in [-0.25, -0.2) is 0 Å². The Labute approximate surface area is 124 Å². The third kappa shape index (κ3) is 3.29. The van der Waals surface area contributed by atoms with Crippen molar-refractivity contribution < 1.29 is 9.26 Å². The third-order valence-corrected chi connectivity index (χ3v) is 3.44. The van der Waals surface area contributed by atoms with E-state index in [2.05, 4.69) is 15.5 Å². The second kappa shape index (κ2) is 6.72. The fourth-order valence-corrected chi connectivity index (χ4v) is 2.33. The van der Waals surface area contributed by atoms with Crippen molar-refractivity contribution in [1.82, 2.24) is 15.5 Å². The van der Waals surface area contributed by atoms with Crippen LogP contribution in [0.25, 0.3) is 11.5 Å². The Bertz CT molecular complexity index is 536. The fraction of sp³-hybridized carbons (Fsp3) is 0.429. The molecule has 108 valence electrons. The monoisotopic (exact) mass is 295 g/mol. The number of rotatable bonds is 4. The average molecular weight is 296 g/mol. The van der Waals surface area contributed by atoms with E-state index in [4.69, 9.17) is 9.26 Å². The Balaban J connectivity index is 0.00000147. The lowest BCUT2D eigenvalue weighted by Gasteiger charge is -2.02. The first-order chi connectivity index (χ1) is 9.35. The molecule has 0 saturated carbocycles. The molecule has 1 fully saturated rings. The highest BCUT2D eigenvalue weighted by Gasteiger charge is 2.18. The summed E-state index contributed by atoms with van der Waals surface area (Å²) in [6.07, 6.45) is 2.07.